The molecule has 2 heterocycles. The second-order valence-corrected chi connectivity index (χ2v) is 6.79. The zero-order valence-corrected chi connectivity index (χ0v) is 15.4. The van der Waals surface area contributed by atoms with Gasteiger partial charge in [0.25, 0.3) is 0 Å². The first-order valence-corrected chi connectivity index (χ1v) is 8.69. The van der Waals surface area contributed by atoms with Gasteiger partial charge in [-0.3, -0.25) is 9.59 Å². The van der Waals surface area contributed by atoms with Gasteiger partial charge in [-0.15, -0.1) is 0 Å². The first kappa shape index (κ1) is 18.4. The van der Waals surface area contributed by atoms with Gasteiger partial charge in [-0.2, -0.15) is 5.26 Å². The molecule has 1 aromatic heterocycles. The van der Waals surface area contributed by atoms with Crippen LogP contribution in [0, 0.1) is 17.2 Å². The first-order chi connectivity index (χ1) is 12.8. The molecule has 27 heavy (non-hydrogen) atoms. The summed E-state index contributed by atoms with van der Waals surface area (Å²) in [5, 5.41) is 12.3. The number of carbonyl (C=O) groups is 2. The highest BCUT2D eigenvalue weighted by molar-refractivity contribution is 5.97. The molecule has 0 aliphatic carbocycles. The fourth-order valence-electron chi connectivity index (χ4n) is 3.56. The summed E-state index contributed by atoms with van der Waals surface area (Å²) in [6, 6.07) is 10.4. The van der Waals surface area contributed by atoms with Gasteiger partial charge in [0.15, 0.2) is 0 Å². The highest BCUT2D eigenvalue weighted by atomic mass is 16.2. The maximum Gasteiger partial charge on any atom is 0.248 e. The van der Waals surface area contributed by atoms with Crippen LogP contribution in [-0.2, 0) is 4.79 Å². The fraction of sp³-hybridized carbons (Fsp3) is 0.300. The van der Waals surface area contributed by atoms with Crippen molar-refractivity contribution in [3.63, 3.8) is 0 Å². The standard InChI is InChI=1S/C20H21N5O2/c1-11-12(2)25(13(3)26)17-6-5-15(20(22)27)8-16(17)19(11)24-18-7-4-14(9-21)10-23-18/h4-8,10-12,19H,1-3H3,(H2,22,27)(H,23,24)/t11-,12-,19?/m0/s1. The predicted octanol–water partition coefficient (Wildman–Crippen LogP) is 2.60. The van der Waals surface area contributed by atoms with Gasteiger partial charge in [0.2, 0.25) is 11.8 Å². The van der Waals surface area contributed by atoms with E-state index in [0.717, 1.165) is 11.3 Å². The molecule has 1 aliphatic heterocycles. The second-order valence-electron chi connectivity index (χ2n) is 6.79. The van der Waals surface area contributed by atoms with Crippen molar-refractivity contribution >= 4 is 23.3 Å². The van der Waals surface area contributed by atoms with Crippen molar-refractivity contribution in [1.82, 2.24) is 4.98 Å². The molecule has 138 valence electrons. The average molecular weight is 363 g/mol. The van der Waals surface area contributed by atoms with Crippen molar-refractivity contribution in [2.45, 2.75) is 32.9 Å². The smallest absolute Gasteiger partial charge is 0.248 e. The zero-order chi connectivity index (χ0) is 19.7. The van der Waals surface area contributed by atoms with Crippen LogP contribution in [0.5, 0.6) is 0 Å². The number of rotatable bonds is 3. The van der Waals surface area contributed by atoms with E-state index in [1.807, 2.05) is 19.9 Å². The number of benzene rings is 1. The molecule has 3 rings (SSSR count). The van der Waals surface area contributed by atoms with Crippen LogP contribution >= 0.6 is 0 Å². The van der Waals surface area contributed by atoms with Crippen molar-refractivity contribution in [3.05, 3.63) is 53.2 Å². The van der Waals surface area contributed by atoms with Gasteiger partial charge >= 0.3 is 0 Å². The third-order valence-corrected chi connectivity index (χ3v) is 5.14. The zero-order valence-electron chi connectivity index (χ0n) is 15.4. The lowest BCUT2D eigenvalue weighted by molar-refractivity contribution is -0.117. The number of carbonyl (C=O) groups excluding carboxylic acids is 2. The van der Waals surface area contributed by atoms with Crippen LogP contribution < -0.4 is 16.0 Å². The molecule has 0 spiro atoms. The van der Waals surface area contributed by atoms with Crippen LogP contribution in [0.4, 0.5) is 11.5 Å². The SMILES string of the molecule is CC(=O)N1c2ccc(C(N)=O)cc2C(Nc2ccc(C#N)cn2)[C@@H](C)[C@@H]1C. The molecule has 1 aromatic carbocycles. The molecule has 1 aliphatic rings. The third-order valence-electron chi connectivity index (χ3n) is 5.14. The first-order valence-electron chi connectivity index (χ1n) is 8.69. The largest absolute Gasteiger partial charge is 0.366 e. The van der Waals surface area contributed by atoms with Gasteiger partial charge in [-0.05, 0) is 42.8 Å². The fourth-order valence-corrected chi connectivity index (χ4v) is 3.56. The molecular formula is C20H21N5O2. The topological polar surface area (TPSA) is 112 Å². The van der Waals surface area contributed by atoms with Gasteiger partial charge in [0.05, 0.1) is 11.6 Å². The molecule has 0 saturated heterocycles. The van der Waals surface area contributed by atoms with Gasteiger partial charge in [0, 0.05) is 36.3 Å². The van der Waals surface area contributed by atoms with Gasteiger partial charge in [0.1, 0.15) is 11.9 Å². The highest BCUT2D eigenvalue weighted by Crippen LogP contribution is 2.42. The number of aromatic nitrogens is 1. The summed E-state index contributed by atoms with van der Waals surface area (Å²) in [6.45, 7) is 5.57. The summed E-state index contributed by atoms with van der Waals surface area (Å²) in [7, 11) is 0. The summed E-state index contributed by atoms with van der Waals surface area (Å²) in [6.07, 6.45) is 1.50. The van der Waals surface area contributed by atoms with Crippen molar-refractivity contribution in [2.24, 2.45) is 11.7 Å². The van der Waals surface area contributed by atoms with Crippen molar-refractivity contribution in [2.75, 3.05) is 10.2 Å². The minimum absolute atomic E-state index is 0.0435. The van der Waals surface area contributed by atoms with E-state index in [0.29, 0.717) is 16.9 Å². The summed E-state index contributed by atoms with van der Waals surface area (Å²) in [5.74, 6) is 0.0813. The Morgan fingerprint density at radius 2 is 2.00 bits per heavy atom. The Hall–Kier alpha value is -3.40. The van der Waals surface area contributed by atoms with Crippen LogP contribution in [0.25, 0.3) is 0 Å². The molecule has 7 heteroatoms. The van der Waals surface area contributed by atoms with Crippen LogP contribution in [0.3, 0.4) is 0 Å². The normalized spacial score (nSPS) is 21.1. The number of nitrogens with one attached hydrogen (secondary N) is 1. The molecule has 2 amide bonds. The number of anilines is 2. The number of hydrogen-bond acceptors (Lipinski definition) is 5. The summed E-state index contributed by atoms with van der Waals surface area (Å²) < 4.78 is 0. The maximum absolute atomic E-state index is 12.2. The number of nitrogens with zero attached hydrogens (tertiary/aromatic N) is 3. The lowest BCUT2D eigenvalue weighted by Gasteiger charge is -2.44. The van der Waals surface area contributed by atoms with E-state index in [1.54, 1.807) is 35.2 Å². The summed E-state index contributed by atoms with van der Waals surface area (Å²) in [4.78, 5) is 29.9. The van der Waals surface area contributed by atoms with Gasteiger partial charge in [-0.25, -0.2) is 4.98 Å². The predicted molar refractivity (Wildman–Crippen MR) is 102 cm³/mol. The molecule has 0 saturated carbocycles. The van der Waals surface area contributed by atoms with E-state index in [-0.39, 0.29) is 23.9 Å². The van der Waals surface area contributed by atoms with Crippen LogP contribution in [0.1, 0.15) is 48.3 Å². The lowest BCUT2D eigenvalue weighted by atomic mass is 9.82. The van der Waals surface area contributed by atoms with E-state index in [1.165, 1.54) is 13.1 Å². The van der Waals surface area contributed by atoms with Crippen molar-refractivity contribution < 1.29 is 9.59 Å². The van der Waals surface area contributed by atoms with E-state index in [2.05, 4.69) is 10.3 Å². The number of hydrogen-bond donors (Lipinski definition) is 2. The monoisotopic (exact) mass is 363 g/mol. The minimum Gasteiger partial charge on any atom is -0.366 e. The quantitative estimate of drug-likeness (QED) is 0.870. The number of fused-ring (bicyclic) bond motifs is 1. The van der Waals surface area contributed by atoms with Crippen LogP contribution in [-0.4, -0.2) is 22.8 Å². The molecule has 0 bridgehead atoms. The number of nitriles is 1. The Bertz CT molecular complexity index is 932. The van der Waals surface area contributed by atoms with E-state index in [9.17, 15) is 9.59 Å². The van der Waals surface area contributed by atoms with Crippen LogP contribution in [0.2, 0.25) is 0 Å². The molecule has 0 fully saturated rings. The summed E-state index contributed by atoms with van der Waals surface area (Å²) in [5.41, 5.74) is 7.89. The minimum atomic E-state index is -0.520. The molecule has 7 nitrogen and oxygen atoms in total. The molecule has 1 unspecified atom stereocenters. The van der Waals surface area contributed by atoms with E-state index in [4.69, 9.17) is 11.0 Å². The number of nitrogens with two attached hydrogens (primary N) is 1. The number of amides is 2. The van der Waals surface area contributed by atoms with E-state index < -0.39 is 5.91 Å². The Labute approximate surface area is 157 Å². The maximum atomic E-state index is 12.2. The third kappa shape index (κ3) is 3.34. The average Bonchev–Trinajstić information content (AvgIpc) is 2.65. The van der Waals surface area contributed by atoms with Gasteiger partial charge in [-0.1, -0.05) is 6.92 Å². The van der Waals surface area contributed by atoms with Crippen molar-refractivity contribution in [3.8, 4) is 6.07 Å². The number of pyridine rings is 1. The Morgan fingerprint density at radius 1 is 1.26 bits per heavy atom. The molecule has 0 radical (unpaired) electrons. The van der Waals surface area contributed by atoms with Gasteiger partial charge < -0.3 is 16.0 Å². The molecule has 2 aromatic rings. The Morgan fingerprint density at radius 3 is 2.56 bits per heavy atom. The highest BCUT2D eigenvalue weighted by Gasteiger charge is 2.38. The molecule has 3 N–H and O–H groups in total. The molecular weight excluding hydrogens is 342 g/mol. The van der Waals surface area contributed by atoms with E-state index >= 15 is 0 Å². The summed E-state index contributed by atoms with van der Waals surface area (Å²) >= 11 is 0. The lowest BCUT2D eigenvalue weighted by Crippen LogP contribution is -2.48. The second kappa shape index (κ2) is 7.08. The molecule has 3 atom stereocenters. The van der Waals surface area contributed by atoms with Crippen molar-refractivity contribution in [1.29, 1.82) is 5.26 Å². The Balaban J connectivity index is 2.08. The van der Waals surface area contributed by atoms with Crippen LogP contribution in [0.15, 0.2) is 36.5 Å². The number of primary amides is 1. The Kier molecular flexibility index (Phi) is 4.82.